The van der Waals surface area contributed by atoms with Crippen LogP contribution in [0, 0.1) is 5.92 Å². The summed E-state index contributed by atoms with van der Waals surface area (Å²) in [6.07, 6.45) is 2.05. The van der Waals surface area contributed by atoms with E-state index in [-0.39, 0.29) is 36.6 Å². The fraction of sp³-hybridized carbons (Fsp3) is 0.556. The van der Waals surface area contributed by atoms with Crippen molar-refractivity contribution in [2.75, 3.05) is 24.5 Å². The monoisotopic (exact) mass is 353 g/mol. The number of benzene rings is 1. The molecule has 0 aromatic heterocycles. The topological polar surface area (TPSA) is 75.4 Å². The molecule has 2 unspecified atom stereocenters. The lowest BCUT2D eigenvalue weighted by atomic mass is 9.96. The maximum Gasteiger partial charge on any atom is 0.227 e. The number of hydrogen-bond acceptors (Lipinski definition) is 3. The first kappa shape index (κ1) is 20.5. The normalized spacial score (nSPS) is 18.2. The summed E-state index contributed by atoms with van der Waals surface area (Å²) in [5, 5.41) is 2.87. The van der Waals surface area contributed by atoms with Crippen LogP contribution in [-0.4, -0.2) is 31.4 Å². The molecule has 1 aliphatic rings. The Balaban J connectivity index is 0.00000288. The molecule has 1 heterocycles. The molecule has 0 bridgehead atoms. The molecule has 134 valence electrons. The van der Waals surface area contributed by atoms with E-state index in [2.05, 4.69) is 25.2 Å². The molecule has 1 fully saturated rings. The van der Waals surface area contributed by atoms with Gasteiger partial charge in [-0.2, -0.15) is 0 Å². The second kappa shape index (κ2) is 9.64. The summed E-state index contributed by atoms with van der Waals surface area (Å²) >= 11 is 0. The fourth-order valence-electron chi connectivity index (χ4n) is 2.94. The van der Waals surface area contributed by atoms with Crippen molar-refractivity contribution in [1.29, 1.82) is 0 Å². The Morgan fingerprint density at radius 1 is 1.42 bits per heavy atom. The van der Waals surface area contributed by atoms with E-state index in [1.165, 1.54) is 5.56 Å². The van der Waals surface area contributed by atoms with Gasteiger partial charge in [0, 0.05) is 25.2 Å². The first-order valence-electron chi connectivity index (χ1n) is 8.45. The van der Waals surface area contributed by atoms with Crippen molar-refractivity contribution in [3.8, 4) is 0 Å². The van der Waals surface area contributed by atoms with E-state index in [0.717, 1.165) is 18.5 Å². The van der Waals surface area contributed by atoms with Crippen LogP contribution in [0.15, 0.2) is 24.3 Å². The number of amides is 2. The molecule has 0 spiro atoms. The molecular weight excluding hydrogens is 326 g/mol. The zero-order valence-corrected chi connectivity index (χ0v) is 15.3. The largest absolute Gasteiger partial charge is 0.356 e. The molecule has 3 N–H and O–H groups in total. The lowest BCUT2D eigenvalue weighted by molar-refractivity contribution is -0.126. The van der Waals surface area contributed by atoms with Gasteiger partial charge in [-0.25, -0.2) is 0 Å². The van der Waals surface area contributed by atoms with Crippen molar-refractivity contribution >= 4 is 29.9 Å². The molecular formula is C18H28ClN3O2. The second-order valence-electron chi connectivity index (χ2n) is 6.21. The first-order valence-corrected chi connectivity index (χ1v) is 8.45. The van der Waals surface area contributed by atoms with Crippen molar-refractivity contribution < 1.29 is 9.59 Å². The number of para-hydroxylation sites is 1. The number of nitrogens with zero attached hydrogens (tertiary/aromatic N) is 1. The predicted molar refractivity (Wildman–Crippen MR) is 99.5 cm³/mol. The summed E-state index contributed by atoms with van der Waals surface area (Å²) in [7, 11) is 0. The number of anilines is 1. The van der Waals surface area contributed by atoms with E-state index in [0.29, 0.717) is 25.6 Å². The van der Waals surface area contributed by atoms with Crippen molar-refractivity contribution in [2.45, 2.75) is 39.0 Å². The zero-order chi connectivity index (χ0) is 16.8. The van der Waals surface area contributed by atoms with Crippen LogP contribution in [0.1, 0.15) is 44.6 Å². The third kappa shape index (κ3) is 4.71. The predicted octanol–water partition coefficient (Wildman–Crippen LogP) is 2.44. The van der Waals surface area contributed by atoms with Gasteiger partial charge in [-0.15, -0.1) is 12.4 Å². The number of carbonyl (C=O) groups excluding carboxylic acids is 2. The molecule has 0 saturated carbocycles. The van der Waals surface area contributed by atoms with Gasteiger partial charge >= 0.3 is 0 Å². The molecule has 1 saturated heterocycles. The standard InChI is InChI=1S/C18H27N3O2.ClH/c1-3-13(2)15-7-4-5-8-16(15)21-12-14(11-17(21)22)18(23)20-10-6-9-19;/h4-5,7-8,13-14H,3,6,9-12,19H2,1-2H3,(H,20,23);1H. The molecule has 2 amide bonds. The highest BCUT2D eigenvalue weighted by Gasteiger charge is 2.35. The van der Waals surface area contributed by atoms with Crippen LogP contribution in [0.4, 0.5) is 5.69 Å². The van der Waals surface area contributed by atoms with Gasteiger partial charge in [-0.3, -0.25) is 9.59 Å². The third-order valence-corrected chi connectivity index (χ3v) is 4.55. The van der Waals surface area contributed by atoms with Crippen molar-refractivity contribution in [3.63, 3.8) is 0 Å². The summed E-state index contributed by atoms with van der Waals surface area (Å²) in [5.74, 6) is 0.0942. The minimum absolute atomic E-state index is 0. The molecule has 1 aliphatic heterocycles. The lowest BCUT2D eigenvalue weighted by Gasteiger charge is -2.23. The smallest absolute Gasteiger partial charge is 0.227 e. The number of carbonyl (C=O) groups is 2. The Labute approximate surface area is 150 Å². The van der Waals surface area contributed by atoms with E-state index in [4.69, 9.17) is 5.73 Å². The highest BCUT2D eigenvalue weighted by Crippen LogP contribution is 2.33. The molecule has 2 atom stereocenters. The Morgan fingerprint density at radius 3 is 2.79 bits per heavy atom. The fourth-order valence-corrected chi connectivity index (χ4v) is 2.94. The summed E-state index contributed by atoms with van der Waals surface area (Å²) in [4.78, 5) is 26.4. The minimum atomic E-state index is -0.273. The van der Waals surface area contributed by atoms with Gasteiger partial charge < -0.3 is 16.0 Å². The molecule has 1 aromatic carbocycles. The van der Waals surface area contributed by atoms with Crippen LogP contribution in [0.2, 0.25) is 0 Å². The summed E-state index contributed by atoms with van der Waals surface area (Å²) in [6, 6.07) is 8.01. The molecule has 5 nitrogen and oxygen atoms in total. The van der Waals surface area contributed by atoms with Gasteiger partial charge in [-0.1, -0.05) is 32.0 Å². The van der Waals surface area contributed by atoms with Crippen LogP contribution >= 0.6 is 12.4 Å². The van der Waals surface area contributed by atoms with E-state index in [1.807, 2.05) is 18.2 Å². The van der Waals surface area contributed by atoms with Gasteiger partial charge in [0.25, 0.3) is 0 Å². The van der Waals surface area contributed by atoms with Crippen LogP contribution in [0.5, 0.6) is 0 Å². The Hall–Kier alpha value is -1.59. The maximum atomic E-state index is 12.4. The van der Waals surface area contributed by atoms with Gasteiger partial charge in [0.2, 0.25) is 11.8 Å². The summed E-state index contributed by atoms with van der Waals surface area (Å²) < 4.78 is 0. The van der Waals surface area contributed by atoms with Crippen LogP contribution in [0.3, 0.4) is 0 Å². The SMILES string of the molecule is CCC(C)c1ccccc1N1CC(C(=O)NCCCN)CC1=O.Cl. The second-order valence-corrected chi connectivity index (χ2v) is 6.21. The van der Waals surface area contributed by atoms with E-state index < -0.39 is 0 Å². The quantitative estimate of drug-likeness (QED) is 0.739. The highest BCUT2D eigenvalue weighted by molar-refractivity contribution is 6.00. The molecule has 6 heteroatoms. The lowest BCUT2D eigenvalue weighted by Crippen LogP contribution is -2.34. The highest BCUT2D eigenvalue weighted by atomic mass is 35.5. The molecule has 24 heavy (non-hydrogen) atoms. The molecule has 0 aliphatic carbocycles. The first-order chi connectivity index (χ1) is 11.1. The van der Waals surface area contributed by atoms with Crippen molar-refractivity contribution in [2.24, 2.45) is 11.7 Å². The molecule has 1 aromatic rings. The minimum Gasteiger partial charge on any atom is -0.356 e. The molecule has 0 radical (unpaired) electrons. The zero-order valence-electron chi connectivity index (χ0n) is 14.5. The third-order valence-electron chi connectivity index (χ3n) is 4.55. The number of halogens is 1. The van der Waals surface area contributed by atoms with E-state index in [9.17, 15) is 9.59 Å². The van der Waals surface area contributed by atoms with E-state index in [1.54, 1.807) is 4.90 Å². The number of nitrogens with one attached hydrogen (secondary N) is 1. The van der Waals surface area contributed by atoms with Gasteiger partial charge in [0.1, 0.15) is 0 Å². The van der Waals surface area contributed by atoms with E-state index >= 15 is 0 Å². The average Bonchev–Trinajstić information content (AvgIpc) is 2.96. The Kier molecular flexibility index (Phi) is 8.22. The summed E-state index contributed by atoms with van der Waals surface area (Å²) in [6.45, 7) is 5.89. The Bertz CT molecular complexity index is 565. The van der Waals surface area contributed by atoms with Crippen molar-refractivity contribution in [3.05, 3.63) is 29.8 Å². The molecule has 2 rings (SSSR count). The number of hydrogen-bond donors (Lipinski definition) is 2. The van der Waals surface area contributed by atoms with Gasteiger partial charge in [0.15, 0.2) is 0 Å². The van der Waals surface area contributed by atoms with Crippen LogP contribution < -0.4 is 16.0 Å². The van der Waals surface area contributed by atoms with Gasteiger partial charge in [0.05, 0.1) is 5.92 Å². The average molecular weight is 354 g/mol. The van der Waals surface area contributed by atoms with Crippen LogP contribution in [-0.2, 0) is 9.59 Å². The Morgan fingerprint density at radius 2 is 2.12 bits per heavy atom. The number of nitrogens with two attached hydrogens (primary N) is 1. The summed E-state index contributed by atoms with van der Waals surface area (Å²) in [5.41, 5.74) is 7.55. The van der Waals surface area contributed by atoms with Gasteiger partial charge in [-0.05, 0) is 36.9 Å². The maximum absolute atomic E-state index is 12.4. The van der Waals surface area contributed by atoms with Crippen LogP contribution in [0.25, 0.3) is 0 Å². The number of rotatable bonds is 7. The van der Waals surface area contributed by atoms with Crippen molar-refractivity contribution in [1.82, 2.24) is 5.32 Å².